The van der Waals surface area contributed by atoms with Gasteiger partial charge in [-0.2, -0.15) is 0 Å². The number of carboxylic acids is 1. The highest BCUT2D eigenvalue weighted by molar-refractivity contribution is 6.00. The third-order valence-corrected chi connectivity index (χ3v) is 7.38. The first kappa shape index (κ1) is 28.8. The van der Waals surface area contributed by atoms with Crippen LogP contribution in [0.15, 0.2) is 42.5 Å². The molecule has 1 saturated carbocycles. The van der Waals surface area contributed by atoms with Crippen molar-refractivity contribution >= 4 is 29.5 Å². The molecule has 4 amide bonds. The third kappa shape index (κ3) is 6.67. The molecule has 0 bridgehead atoms. The van der Waals surface area contributed by atoms with Crippen LogP contribution in [0, 0.1) is 17.6 Å². The smallest absolute Gasteiger partial charge is 0.323 e. The minimum atomic E-state index is -1.45. The maximum atomic E-state index is 13.9. The van der Waals surface area contributed by atoms with E-state index in [2.05, 4.69) is 10.6 Å². The number of benzene rings is 2. The lowest BCUT2D eigenvalue weighted by Crippen LogP contribution is -2.57. The van der Waals surface area contributed by atoms with Gasteiger partial charge in [0.05, 0.1) is 13.5 Å². The van der Waals surface area contributed by atoms with Crippen molar-refractivity contribution in [3.05, 3.63) is 59.7 Å². The fourth-order valence-electron chi connectivity index (χ4n) is 5.32. The van der Waals surface area contributed by atoms with E-state index >= 15 is 0 Å². The average Bonchev–Trinajstić information content (AvgIpc) is 3.40. The molecular formula is C28H32F2N4O6. The molecule has 1 saturated heterocycles. The molecule has 0 radical (unpaired) electrons. The maximum Gasteiger partial charge on any atom is 0.323 e. The first-order valence-electron chi connectivity index (χ1n) is 13.2. The van der Waals surface area contributed by atoms with E-state index in [9.17, 15) is 33.1 Å². The van der Waals surface area contributed by atoms with Crippen LogP contribution in [0.1, 0.15) is 48.9 Å². The standard InChI is InChI=1S/C28H32F2N4O6/c1-40-20-10-8-19(9-11-20)31-28(39)34-14-13-33(27(38)18-7-12-21(29)22(30)15-18)26(34)25(37)32-23(16-24(35)36)17-5-3-2-4-6-17/h7-12,15,17,23,26H,2-6,13-14,16H2,1H3,(H,31,39)(H,32,37)(H,35,36). The molecule has 1 aliphatic heterocycles. The second kappa shape index (κ2) is 12.8. The Morgan fingerprint density at radius 2 is 1.65 bits per heavy atom. The van der Waals surface area contributed by atoms with Gasteiger partial charge in [0, 0.05) is 30.4 Å². The van der Waals surface area contributed by atoms with E-state index in [1.807, 2.05) is 0 Å². The minimum absolute atomic E-state index is 0.0253. The summed E-state index contributed by atoms with van der Waals surface area (Å²) in [6, 6.07) is 7.79. The van der Waals surface area contributed by atoms with Crippen LogP contribution in [0.5, 0.6) is 5.75 Å². The van der Waals surface area contributed by atoms with Crippen LogP contribution in [-0.2, 0) is 9.59 Å². The number of hydrogen-bond donors (Lipinski definition) is 3. The number of carbonyl (C=O) groups is 4. The van der Waals surface area contributed by atoms with E-state index in [0.717, 1.165) is 60.1 Å². The number of amides is 4. The molecule has 1 heterocycles. The van der Waals surface area contributed by atoms with Crippen LogP contribution in [0.3, 0.4) is 0 Å². The number of aliphatic carboxylic acids is 1. The number of ether oxygens (including phenoxy) is 1. The van der Waals surface area contributed by atoms with Crippen molar-refractivity contribution in [3.63, 3.8) is 0 Å². The minimum Gasteiger partial charge on any atom is -0.497 e. The average molecular weight is 559 g/mol. The number of methoxy groups -OCH3 is 1. The van der Waals surface area contributed by atoms with Crippen molar-refractivity contribution in [1.29, 1.82) is 0 Å². The zero-order chi connectivity index (χ0) is 28.8. The first-order valence-corrected chi connectivity index (χ1v) is 13.2. The number of halogens is 2. The first-order chi connectivity index (χ1) is 19.2. The van der Waals surface area contributed by atoms with Crippen molar-refractivity contribution in [2.75, 3.05) is 25.5 Å². The van der Waals surface area contributed by atoms with Gasteiger partial charge in [0.15, 0.2) is 17.8 Å². The summed E-state index contributed by atoms with van der Waals surface area (Å²) in [5, 5.41) is 15.0. The highest BCUT2D eigenvalue weighted by Gasteiger charge is 2.44. The van der Waals surface area contributed by atoms with E-state index in [-0.39, 0.29) is 31.0 Å². The molecule has 2 aliphatic rings. The van der Waals surface area contributed by atoms with Crippen LogP contribution in [0.4, 0.5) is 19.3 Å². The van der Waals surface area contributed by atoms with Crippen LogP contribution in [0.25, 0.3) is 0 Å². The fourth-order valence-corrected chi connectivity index (χ4v) is 5.32. The number of nitrogens with zero attached hydrogens (tertiary/aromatic N) is 2. The molecule has 10 nitrogen and oxygen atoms in total. The number of urea groups is 1. The molecular weight excluding hydrogens is 526 g/mol. The Kier molecular flexibility index (Phi) is 9.18. The lowest BCUT2D eigenvalue weighted by Gasteiger charge is -2.34. The van der Waals surface area contributed by atoms with Gasteiger partial charge in [-0.1, -0.05) is 19.3 Å². The molecule has 214 valence electrons. The van der Waals surface area contributed by atoms with Crippen LogP contribution in [-0.4, -0.2) is 71.1 Å². The van der Waals surface area contributed by atoms with Crippen LogP contribution >= 0.6 is 0 Å². The molecule has 1 aliphatic carbocycles. The second-order valence-corrected chi connectivity index (χ2v) is 9.96. The van der Waals surface area contributed by atoms with Gasteiger partial charge in [-0.15, -0.1) is 0 Å². The lowest BCUT2D eigenvalue weighted by atomic mass is 9.82. The van der Waals surface area contributed by atoms with E-state index in [4.69, 9.17) is 4.74 Å². The number of anilines is 1. The Labute approximate surface area is 230 Å². The van der Waals surface area contributed by atoms with Gasteiger partial charge in [0.25, 0.3) is 11.8 Å². The molecule has 2 unspecified atom stereocenters. The Balaban J connectivity index is 1.60. The Morgan fingerprint density at radius 3 is 2.27 bits per heavy atom. The van der Waals surface area contributed by atoms with Gasteiger partial charge < -0.3 is 25.4 Å². The Morgan fingerprint density at radius 1 is 0.975 bits per heavy atom. The second-order valence-electron chi connectivity index (χ2n) is 9.96. The summed E-state index contributed by atoms with van der Waals surface area (Å²) in [4.78, 5) is 54.3. The third-order valence-electron chi connectivity index (χ3n) is 7.38. The van der Waals surface area contributed by atoms with E-state index < -0.39 is 47.7 Å². The summed E-state index contributed by atoms with van der Waals surface area (Å²) in [5.74, 6) is -4.41. The predicted molar refractivity (Wildman–Crippen MR) is 141 cm³/mol. The molecule has 2 fully saturated rings. The Bertz CT molecular complexity index is 1250. The van der Waals surface area contributed by atoms with Crippen molar-refractivity contribution < 1.29 is 37.8 Å². The monoisotopic (exact) mass is 558 g/mol. The van der Waals surface area contributed by atoms with E-state index in [1.54, 1.807) is 24.3 Å². The van der Waals surface area contributed by atoms with E-state index in [1.165, 1.54) is 7.11 Å². The molecule has 2 atom stereocenters. The van der Waals surface area contributed by atoms with E-state index in [0.29, 0.717) is 11.4 Å². The van der Waals surface area contributed by atoms with Crippen molar-refractivity contribution in [2.24, 2.45) is 5.92 Å². The van der Waals surface area contributed by atoms with Gasteiger partial charge >= 0.3 is 12.0 Å². The summed E-state index contributed by atoms with van der Waals surface area (Å²) >= 11 is 0. The van der Waals surface area contributed by atoms with Crippen molar-refractivity contribution in [3.8, 4) is 5.75 Å². The Hall–Kier alpha value is -4.22. The number of hydrogen-bond acceptors (Lipinski definition) is 5. The maximum absolute atomic E-state index is 13.9. The van der Waals surface area contributed by atoms with Gasteiger partial charge in [-0.05, 0) is 61.2 Å². The quantitative estimate of drug-likeness (QED) is 0.452. The van der Waals surface area contributed by atoms with Gasteiger partial charge in [0.1, 0.15) is 5.75 Å². The fraction of sp³-hybridized carbons (Fsp3) is 0.429. The highest BCUT2D eigenvalue weighted by atomic mass is 19.2. The highest BCUT2D eigenvalue weighted by Crippen LogP contribution is 2.29. The zero-order valence-electron chi connectivity index (χ0n) is 22.1. The number of carboxylic acid groups (broad SMARTS) is 1. The molecule has 0 aromatic heterocycles. The van der Waals surface area contributed by atoms with Crippen LogP contribution in [0.2, 0.25) is 0 Å². The molecule has 4 rings (SSSR count). The summed E-state index contributed by atoms with van der Waals surface area (Å²) in [6.45, 7) is -0.0819. The summed E-state index contributed by atoms with van der Waals surface area (Å²) in [6.07, 6.45) is 2.61. The largest absolute Gasteiger partial charge is 0.497 e. The van der Waals surface area contributed by atoms with Gasteiger partial charge in [-0.25, -0.2) is 13.6 Å². The molecule has 2 aromatic carbocycles. The van der Waals surface area contributed by atoms with Gasteiger partial charge in [-0.3, -0.25) is 19.3 Å². The van der Waals surface area contributed by atoms with Gasteiger partial charge in [0.2, 0.25) is 0 Å². The summed E-state index contributed by atoms with van der Waals surface area (Å²) < 4.78 is 32.6. The lowest BCUT2D eigenvalue weighted by molar-refractivity contribution is -0.138. The number of nitrogens with one attached hydrogen (secondary N) is 2. The summed E-state index contributed by atoms with van der Waals surface area (Å²) in [7, 11) is 1.50. The van der Waals surface area contributed by atoms with Crippen molar-refractivity contribution in [2.45, 2.75) is 50.7 Å². The molecule has 2 aromatic rings. The molecule has 12 heteroatoms. The van der Waals surface area contributed by atoms with Crippen molar-refractivity contribution in [1.82, 2.24) is 15.1 Å². The topological polar surface area (TPSA) is 128 Å². The molecule has 40 heavy (non-hydrogen) atoms. The summed E-state index contributed by atoms with van der Waals surface area (Å²) in [5.41, 5.74) is 0.227. The number of carbonyl (C=O) groups excluding carboxylic acids is 3. The zero-order valence-corrected chi connectivity index (χ0v) is 22.1. The normalized spacial score (nSPS) is 18.2. The SMILES string of the molecule is COc1ccc(NC(=O)N2CCN(C(=O)c3ccc(F)c(F)c3)C2C(=O)NC(CC(=O)O)C2CCCCC2)cc1. The number of rotatable bonds is 8. The predicted octanol–water partition coefficient (Wildman–Crippen LogP) is 3.83. The molecule has 0 spiro atoms. The van der Waals surface area contributed by atoms with Crippen LogP contribution < -0.4 is 15.4 Å². The molecule has 3 N–H and O–H groups in total.